The quantitative estimate of drug-likeness (QED) is 0.719. The van der Waals surface area contributed by atoms with Crippen LogP contribution in [-0.2, 0) is 24.2 Å². The Balaban J connectivity index is 1.53. The van der Waals surface area contributed by atoms with Crippen LogP contribution in [0, 0.1) is 0 Å². The van der Waals surface area contributed by atoms with Gasteiger partial charge in [-0.3, -0.25) is 0 Å². The van der Waals surface area contributed by atoms with Gasteiger partial charge in [0, 0.05) is 6.20 Å². The van der Waals surface area contributed by atoms with E-state index in [-0.39, 0.29) is 6.61 Å². The molecule has 0 spiro atoms. The third-order valence-corrected chi connectivity index (χ3v) is 3.55. The van der Waals surface area contributed by atoms with E-state index in [4.69, 9.17) is 4.74 Å². The zero-order valence-corrected chi connectivity index (χ0v) is 12.8. The second kappa shape index (κ2) is 7.40. The van der Waals surface area contributed by atoms with Crippen molar-refractivity contribution in [2.24, 2.45) is 0 Å². The van der Waals surface area contributed by atoms with Crippen LogP contribution in [0.1, 0.15) is 16.8 Å². The molecule has 0 aliphatic heterocycles. The van der Waals surface area contributed by atoms with Crippen LogP contribution in [0.3, 0.4) is 0 Å². The molecule has 0 aliphatic rings. The van der Waals surface area contributed by atoms with Gasteiger partial charge in [-0.15, -0.1) is 0 Å². The highest BCUT2D eigenvalue weighted by Crippen LogP contribution is 2.07. The summed E-state index contributed by atoms with van der Waals surface area (Å²) in [5, 5.41) is 4.28. The Morgan fingerprint density at radius 2 is 1.52 bits per heavy atom. The van der Waals surface area contributed by atoms with Gasteiger partial charge >= 0.3 is 6.09 Å². The summed E-state index contributed by atoms with van der Waals surface area (Å²) in [4.78, 5) is 12.0. The van der Waals surface area contributed by atoms with Crippen molar-refractivity contribution < 1.29 is 9.53 Å². The normalized spacial score (nSPS) is 10.4. The Bertz CT molecular complexity index is 751. The first kappa shape index (κ1) is 15.0. The molecule has 0 amide bonds. The monoisotopic (exact) mass is 306 g/mol. The minimum Gasteiger partial charge on any atom is -0.443 e. The van der Waals surface area contributed by atoms with Crippen molar-refractivity contribution in [2.75, 3.05) is 0 Å². The highest BCUT2D eigenvalue weighted by molar-refractivity contribution is 5.69. The fraction of sp³-hybridized carbons (Fsp3) is 0.158. The minimum absolute atomic E-state index is 0.249. The Labute approximate surface area is 135 Å². The van der Waals surface area contributed by atoms with E-state index in [0.29, 0.717) is 0 Å². The summed E-state index contributed by atoms with van der Waals surface area (Å²) in [5.41, 5.74) is 3.09. The summed E-state index contributed by atoms with van der Waals surface area (Å²) in [6, 6.07) is 21.7. The van der Waals surface area contributed by atoms with Crippen molar-refractivity contribution in [3.63, 3.8) is 0 Å². The molecule has 0 saturated heterocycles. The maximum atomic E-state index is 12.0. The van der Waals surface area contributed by atoms with Gasteiger partial charge < -0.3 is 4.74 Å². The number of aryl methyl sites for hydroxylation is 2. The SMILES string of the molecule is O=C(OCc1ccccc1)n1ccc(CCc2ccccc2)n1. The summed E-state index contributed by atoms with van der Waals surface area (Å²) in [7, 11) is 0. The van der Waals surface area contributed by atoms with Gasteiger partial charge in [0.05, 0.1) is 5.69 Å². The lowest BCUT2D eigenvalue weighted by Gasteiger charge is -2.04. The zero-order valence-electron chi connectivity index (χ0n) is 12.8. The summed E-state index contributed by atoms with van der Waals surface area (Å²) in [6.07, 6.45) is 2.88. The molecule has 4 heteroatoms. The number of ether oxygens (including phenoxy) is 1. The minimum atomic E-state index is -0.459. The first-order valence-corrected chi connectivity index (χ1v) is 7.61. The summed E-state index contributed by atoms with van der Waals surface area (Å²) in [5.74, 6) is 0. The average Bonchev–Trinajstić information content (AvgIpc) is 3.09. The molecule has 0 fully saturated rings. The van der Waals surface area contributed by atoms with Crippen molar-refractivity contribution >= 4 is 6.09 Å². The standard InChI is InChI=1S/C19H18N2O2/c22-19(23-15-17-9-5-2-6-10-17)21-14-13-18(20-21)12-11-16-7-3-1-4-8-16/h1-10,13-14H,11-12,15H2. The molecule has 3 rings (SSSR count). The lowest BCUT2D eigenvalue weighted by atomic mass is 10.1. The highest BCUT2D eigenvalue weighted by atomic mass is 16.6. The second-order valence-corrected chi connectivity index (χ2v) is 5.28. The third kappa shape index (κ3) is 4.30. The maximum Gasteiger partial charge on any atom is 0.435 e. The van der Waals surface area contributed by atoms with Crippen LogP contribution >= 0.6 is 0 Å². The van der Waals surface area contributed by atoms with Gasteiger partial charge in [-0.2, -0.15) is 9.78 Å². The number of carbonyl (C=O) groups excluding carboxylic acids is 1. The molecule has 116 valence electrons. The van der Waals surface area contributed by atoms with Gasteiger partial charge in [0.1, 0.15) is 6.61 Å². The van der Waals surface area contributed by atoms with E-state index >= 15 is 0 Å². The molecule has 1 heterocycles. The topological polar surface area (TPSA) is 44.1 Å². The predicted octanol–water partition coefficient (Wildman–Crippen LogP) is 3.85. The van der Waals surface area contributed by atoms with E-state index in [2.05, 4.69) is 17.2 Å². The van der Waals surface area contributed by atoms with Crippen LogP contribution in [0.25, 0.3) is 0 Å². The van der Waals surface area contributed by atoms with E-state index in [9.17, 15) is 4.79 Å². The molecule has 0 aliphatic carbocycles. The molecular formula is C19H18N2O2. The van der Waals surface area contributed by atoms with Crippen molar-refractivity contribution in [3.8, 4) is 0 Å². The van der Waals surface area contributed by atoms with E-state index in [1.165, 1.54) is 10.2 Å². The fourth-order valence-electron chi connectivity index (χ4n) is 2.30. The van der Waals surface area contributed by atoms with Gasteiger partial charge in [-0.1, -0.05) is 60.7 Å². The largest absolute Gasteiger partial charge is 0.443 e. The highest BCUT2D eigenvalue weighted by Gasteiger charge is 2.09. The molecule has 0 saturated carbocycles. The molecule has 4 nitrogen and oxygen atoms in total. The Morgan fingerprint density at radius 3 is 2.22 bits per heavy atom. The summed E-state index contributed by atoms with van der Waals surface area (Å²) < 4.78 is 6.51. The Morgan fingerprint density at radius 1 is 0.870 bits per heavy atom. The van der Waals surface area contributed by atoms with Gasteiger partial charge in [0.25, 0.3) is 0 Å². The number of rotatable bonds is 5. The van der Waals surface area contributed by atoms with E-state index in [1.807, 2.05) is 54.6 Å². The van der Waals surface area contributed by atoms with Crippen molar-refractivity contribution in [1.29, 1.82) is 0 Å². The summed E-state index contributed by atoms with van der Waals surface area (Å²) >= 11 is 0. The van der Waals surface area contributed by atoms with Crippen LogP contribution in [-0.4, -0.2) is 15.9 Å². The van der Waals surface area contributed by atoms with Crippen molar-refractivity contribution in [2.45, 2.75) is 19.4 Å². The molecule has 3 aromatic rings. The maximum absolute atomic E-state index is 12.0. The number of nitrogens with zero attached hydrogens (tertiary/aromatic N) is 2. The molecule has 0 unspecified atom stereocenters. The number of hydrogen-bond acceptors (Lipinski definition) is 3. The Hall–Kier alpha value is -2.88. The van der Waals surface area contributed by atoms with Gasteiger partial charge in [-0.05, 0) is 30.0 Å². The van der Waals surface area contributed by atoms with Gasteiger partial charge in [0.15, 0.2) is 0 Å². The number of benzene rings is 2. The molecule has 23 heavy (non-hydrogen) atoms. The molecule has 0 bridgehead atoms. The average molecular weight is 306 g/mol. The molecule has 0 radical (unpaired) electrons. The third-order valence-electron chi connectivity index (χ3n) is 3.55. The molecular weight excluding hydrogens is 288 g/mol. The number of hydrogen-bond donors (Lipinski definition) is 0. The van der Waals surface area contributed by atoms with Gasteiger partial charge in [0.2, 0.25) is 0 Å². The Kier molecular flexibility index (Phi) is 4.84. The summed E-state index contributed by atoms with van der Waals surface area (Å²) in [6.45, 7) is 0.249. The van der Waals surface area contributed by atoms with Crippen molar-refractivity contribution in [1.82, 2.24) is 9.78 Å². The first-order valence-electron chi connectivity index (χ1n) is 7.61. The predicted molar refractivity (Wildman–Crippen MR) is 88.1 cm³/mol. The molecule has 1 aromatic heterocycles. The van der Waals surface area contributed by atoms with E-state index in [0.717, 1.165) is 24.1 Å². The lowest BCUT2D eigenvalue weighted by Crippen LogP contribution is -2.14. The van der Waals surface area contributed by atoms with Crippen molar-refractivity contribution in [3.05, 3.63) is 89.7 Å². The van der Waals surface area contributed by atoms with E-state index in [1.54, 1.807) is 6.20 Å². The molecule has 0 atom stereocenters. The van der Waals surface area contributed by atoms with Crippen LogP contribution in [0.4, 0.5) is 4.79 Å². The van der Waals surface area contributed by atoms with Crippen LogP contribution in [0.5, 0.6) is 0 Å². The fourth-order valence-corrected chi connectivity index (χ4v) is 2.30. The molecule has 0 N–H and O–H groups in total. The van der Waals surface area contributed by atoms with E-state index < -0.39 is 6.09 Å². The smallest absolute Gasteiger partial charge is 0.435 e. The first-order chi connectivity index (χ1) is 11.3. The lowest BCUT2D eigenvalue weighted by molar-refractivity contribution is 0.137. The van der Waals surface area contributed by atoms with Crippen LogP contribution in [0.2, 0.25) is 0 Å². The number of aromatic nitrogens is 2. The van der Waals surface area contributed by atoms with Crippen LogP contribution in [0.15, 0.2) is 72.9 Å². The number of carbonyl (C=O) groups is 1. The van der Waals surface area contributed by atoms with Gasteiger partial charge in [-0.25, -0.2) is 4.79 Å². The van der Waals surface area contributed by atoms with Crippen LogP contribution < -0.4 is 0 Å². The molecule has 2 aromatic carbocycles. The second-order valence-electron chi connectivity index (χ2n) is 5.28. The zero-order chi connectivity index (χ0) is 15.9.